The van der Waals surface area contributed by atoms with E-state index >= 15 is 0 Å². The van der Waals surface area contributed by atoms with Crippen molar-refractivity contribution in [2.24, 2.45) is 7.05 Å². The minimum Gasteiger partial charge on any atom is -0.337 e. The lowest BCUT2D eigenvalue weighted by Crippen LogP contribution is -2.28. The summed E-state index contributed by atoms with van der Waals surface area (Å²) in [5.74, 6) is 0.658. The van der Waals surface area contributed by atoms with Crippen molar-refractivity contribution >= 4 is 5.91 Å². The van der Waals surface area contributed by atoms with E-state index in [2.05, 4.69) is 16.0 Å². The molecule has 0 aliphatic carbocycles. The Labute approximate surface area is 135 Å². The Kier molecular flexibility index (Phi) is 3.89. The normalized spacial score (nSPS) is 16.7. The Morgan fingerprint density at radius 1 is 1.39 bits per heavy atom. The lowest BCUT2D eigenvalue weighted by molar-refractivity contribution is 0.0738. The van der Waals surface area contributed by atoms with Gasteiger partial charge < -0.3 is 14.4 Å². The predicted octanol–water partition coefficient (Wildman–Crippen LogP) is 1.70. The lowest BCUT2D eigenvalue weighted by Gasteiger charge is -2.19. The molecule has 1 amide bonds. The maximum atomic E-state index is 12.7. The van der Waals surface area contributed by atoms with Crippen LogP contribution in [0.3, 0.4) is 0 Å². The number of aromatic nitrogens is 2. The van der Waals surface area contributed by atoms with Crippen LogP contribution in [0.25, 0.3) is 0 Å². The Bertz CT molecular complexity index is 787. The van der Waals surface area contributed by atoms with Gasteiger partial charge in [-0.15, -0.1) is 0 Å². The first-order valence-corrected chi connectivity index (χ1v) is 7.45. The monoisotopic (exact) mass is 309 g/mol. The van der Waals surface area contributed by atoms with Gasteiger partial charge in [0.2, 0.25) is 0 Å². The van der Waals surface area contributed by atoms with Gasteiger partial charge in [-0.1, -0.05) is 12.1 Å². The van der Waals surface area contributed by atoms with Crippen molar-refractivity contribution in [3.8, 4) is 6.07 Å². The van der Waals surface area contributed by atoms with Crippen LogP contribution < -0.4 is 0 Å². The van der Waals surface area contributed by atoms with Crippen molar-refractivity contribution in [2.75, 3.05) is 14.1 Å². The summed E-state index contributed by atoms with van der Waals surface area (Å²) in [6, 6.07) is 7.47. The van der Waals surface area contributed by atoms with Crippen LogP contribution >= 0.6 is 0 Å². The molecule has 1 aromatic carbocycles. The summed E-state index contributed by atoms with van der Waals surface area (Å²) >= 11 is 0. The third kappa shape index (κ3) is 2.71. The maximum Gasteiger partial charge on any atom is 0.256 e. The SMILES string of the molecule is CN(C)Cc1ccc2c(c1)C(C#N)N(Cc1nccn1C)C2=O. The standard InChI is InChI=1S/C17H19N5O/c1-20(2)10-12-4-5-13-14(8-12)15(9-18)22(17(13)23)11-16-19-6-7-21(16)3/h4-8,15H,10-11H2,1-3H3. The van der Waals surface area contributed by atoms with Crippen molar-refractivity contribution in [2.45, 2.75) is 19.1 Å². The molecule has 0 N–H and O–H groups in total. The van der Waals surface area contributed by atoms with E-state index in [-0.39, 0.29) is 5.91 Å². The molecule has 0 saturated heterocycles. The highest BCUT2D eigenvalue weighted by Crippen LogP contribution is 2.35. The number of nitrogens with zero attached hydrogens (tertiary/aromatic N) is 5. The van der Waals surface area contributed by atoms with Crippen molar-refractivity contribution in [3.05, 3.63) is 53.1 Å². The lowest BCUT2D eigenvalue weighted by atomic mass is 10.0. The fourth-order valence-corrected chi connectivity index (χ4v) is 2.94. The fraction of sp³-hybridized carbons (Fsp3) is 0.353. The quantitative estimate of drug-likeness (QED) is 0.862. The zero-order valence-corrected chi connectivity index (χ0v) is 13.5. The first-order chi connectivity index (χ1) is 11.0. The number of carbonyl (C=O) groups is 1. The van der Waals surface area contributed by atoms with Crippen molar-refractivity contribution < 1.29 is 4.79 Å². The number of amides is 1. The van der Waals surface area contributed by atoms with E-state index in [1.807, 2.05) is 50.1 Å². The molecule has 118 valence electrons. The van der Waals surface area contributed by atoms with E-state index in [0.29, 0.717) is 12.1 Å². The second-order valence-corrected chi connectivity index (χ2v) is 6.08. The number of rotatable bonds is 4. The first-order valence-electron chi connectivity index (χ1n) is 7.45. The second-order valence-electron chi connectivity index (χ2n) is 6.08. The van der Waals surface area contributed by atoms with Crippen LogP contribution in [0, 0.1) is 11.3 Å². The molecule has 2 heterocycles. The van der Waals surface area contributed by atoms with Gasteiger partial charge in [0.25, 0.3) is 5.91 Å². The average Bonchev–Trinajstić information content (AvgIpc) is 3.01. The highest BCUT2D eigenvalue weighted by Gasteiger charge is 2.37. The molecule has 0 fully saturated rings. The third-order valence-corrected chi connectivity index (χ3v) is 4.07. The smallest absolute Gasteiger partial charge is 0.256 e. The Morgan fingerprint density at radius 2 is 2.17 bits per heavy atom. The molecule has 0 spiro atoms. The molecule has 3 rings (SSSR count). The van der Waals surface area contributed by atoms with Crippen LogP contribution in [0.4, 0.5) is 0 Å². The van der Waals surface area contributed by atoms with Gasteiger partial charge in [-0.25, -0.2) is 4.98 Å². The zero-order valence-electron chi connectivity index (χ0n) is 13.5. The van der Waals surface area contributed by atoms with Gasteiger partial charge in [-0.2, -0.15) is 5.26 Å². The van der Waals surface area contributed by atoms with E-state index in [1.54, 1.807) is 11.1 Å². The molecular formula is C17H19N5O. The molecule has 0 radical (unpaired) electrons. The van der Waals surface area contributed by atoms with Gasteiger partial charge in [0.05, 0.1) is 12.6 Å². The highest BCUT2D eigenvalue weighted by atomic mass is 16.2. The average molecular weight is 309 g/mol. The molecule has 6 nitrogen and oxygen atoms in total. The summed E-state index contributed by atoms with van der Waals surface area (Å²) in [7, 11) is 5.87. The zero-order chi connectivity index (χ0) is 16.6. The molecule has 1 unspecified atom stereocenters. The molecule has 1 aliphatic rings. The van der Waals surface area contributed by atoms with E-state index in [9.17, 15) is 10.1 Å². The van der Waals surface area contributed by atoms with E-state index in [1.165, 1.54) is 0 Å². The highest BCUT2D eigenvalue weighted by molar-refractivity contribution is 5.99. The molecule has 23 heavy (non-hydrogen) atoms. The molecule has 1 aromatic heterocycles. The number of hydrogen-bond acceptors (Lipinski definition) is 4. The minimum absolute atomic E-state index is 0.106. The molecule has 0 saturated carbocycles. The van der Waals surface area contributed by atoms with Gasteiger partial charge in [-0.05, 0) is 25.7 Å². The molecule has 1 aliphatic heterocycles. The molecule has 2 aromatic rings. The molecule has 6 heteroatoms. The first kappa shape index (κ1) is 15.3. The van der Waals surface area contributed by atoms with Crippen LogP contribution in [0.1, 0.15) is 33.4 Å². The van der Waals surface area contributed by atoms with Gasteiger partial charge in [0.1, 0.15) is 11.9 Å². The Balaban J connectivity index is 1.94. The summed E-state index contributed by atoms with van der Waals surface area (Å²) in [6.07, 6.45) is 3.53. The summed E-state index contributed by atoms with van der Waals surface area (Å²) in [6.45, 7) is 1.11. The summed E-state index contributed by atoms with van der Waals surface area (Å²) < 4.78 is 1.86. The summed E-state index contributed by atoms with van der Waals surface area (Å²) in [5, 5.41) is 9.59. The second kappa shape index (κ2) is 5.86. The van der Waals surface area contributed by atoms with Crippen LogP contribution in [-0.2, 0) is 20.1 Å². The number of benzene rings is 1. The van der Waals surface area contributed by atoms with Crippen molar-refractivity contribution in [3.63, 3.8) is 0 Å². The number of hydrogen-bond donors (Lipinski definition) is 0. The van der Waals surface area contributed by atoms with Gasteiger partial charge >= 0.3 is 0 Å². The number of carbonyl (C=O) groups excluding carboxylic acids is 1. The topological polar surface area (TPSA) is 65.2 Å². The van der Waals surface area contributed by atoms with Gasteiger partial charge in [0.15, 0.2) is 0 Å². The maximum absolute atomic E-state index is 12.7. The summed E-state index contributed by atoms with van der Waals surface area (Å²) in [5.41, 5.74) is 2.51. The Morgan fingerprint density at radius 3 is 2.78 bits per heavy atom. The van der Waals surface area contributed by atoms with Crippen LogP contribution in [0.2, 0.25) is 0 Å². The van der Waals surface area contributed by atoms with E-state index in [4.69, 9.17) is 0 Å². The number of nitriles is 1. The van der Waals surface area contributed by atoms with Gasteiger partial charge in [-0.3, -0.25) is 4.79 Å². The largest absolute Gasteiger partial charge is 0.337 e. The number of fused-ring (bicyclic) bond motifs is 1. The van der Waals surface area contributed by atoms with Gasteiger partial charge in [0, 0.05) is 37.1 Å². The van der Waals surface area contributed by atoms with Crippen molar-refractivity contribution in [1.29, 1.82) is 5.26 Å². The van der Waals surface area contributed by atoms with E-state index < -0.39 is 6.04 Å². The summed E-state index contributed by atoms with van der Waals surface area (Å²) in [4.78, 5) is 20.6. The van der Waals surface area contributed by atoms with Crippen molar-refractivity contribution in [1.82, 2.24) is 19.4 Å². The third-order valence-electron chi connectivity index (χ3n) is 4.07. The van der Waals surface area contributed by atoms with E-state index in [0.717, 1.165) is 23.5 Å². The number of aryl methyl sites for hydroxylation is 1. The van der Waals surface area contributed by atoms with Crippen LogP contribution in [-0.4, -0.2) is 39.4 Å². The Hall–Kier alpha value is -2.65. The molecular weight excluding hydrogens is 290 g/mol. The van der Waals surface area contributed by atoms with Crippen LogP contribution in [0.5, 0.6) is 0 Å². The molecule has 1 atom stereocenters. The van der Waals surface area contributed by atoms with Crippen LogP contribution in [0.15, 0.2) is 30.6 Å². The molecule has 0 bridgehead atoms. The minimum atomic E-state index is -0.559. The fourth-order valence-electron chi connectivity index (χ4n) is 2.94. The predicted molar refractivity (Wildman–Crippen MR) is 85.3 cm³/mol. The number of imidazole rings is 1.